The fourth-order valence-electron chi connectivity index (χ4n) is 1.07. The Morgan fingerprint density at radius 3 is 2.71 bits per heavy atom. The third kappa shape index (κ3) is 2.01. The summed E-state index contributed by atoms with van der Waals surface area (Å²) in [6.07, 6.45) is 0. The summed E-state index contributed by atoms with van der Waals surface area (Å²) in [6, 6.07) is 9.77. The van der Waals surface area contributed by atoms with Crippen LogP contribution in [0, 0.1) is 0 Å². The van der Waals surface area contributed by atoms with E-state index in [1.807, 2.05) is 30.3 Å². The van der Waals surface area contributed by atoms with Crippen LogP contribution >= 0.6 is 0 Å². The summed E-state index contributed by atoms with van der Waals surface area (Å²) in [7, 11) is 0. The van der Waals surface area contributed by atoms with Gasteiger partial charge >= 0.3 is 0 Å². The number of rotatable bonds is 3. The second kappa shape index (κ2) is 3.78. The molecule has 0 bridgehead atoms. The molecule has 5 nitrogen and oxygen atoms in total. The highest BCUT2D eigenvalue weighted by Crippen LogP contribution is 2.07. The number of nitrogen functional groups attached to an aromatic ring is 1. The molecule has 2 rings (SSSR count). The number of benzene rings is 1. The van der Waals surface area contributed by atoms with Crippen LogP contribution < -0.4 is 11.1 Å². The highest BCUT2D eigenvalue weighted by atomic mass is 16.5. The summed E-state index contributed by atoms with van der Waals surface area (Å²) in [6.45, 7) is 0.480. The molecule has 0 saturated heterocycles. The zero-order valence-corrected chi connectivity index (χ0v) is 7.47. The minimum Gasteiger partial charge on any atom is -0.376 e. The van der Waals surface area contributed by atoms with Crippen molar-refractivity contribution in [3.63, 3.8) is 0 Å². The van der Waals surface area contributed by atoms with Gasteiger partial charge < -0.3 is 15.6 Å². The van der Waals surface area contributed by atoms with Gasteiger partial charge in [0.1, 0.15) is 0 Å². The SMILES string of the molecule is Nc1noc(CNc2ccccc2)n1. The molecule has 0 aliphatic heterocycles. The van der Waals surface area contributed by atoms with Crippen molar-refractivity contribution in [2.24, 2.45) is 0 Å². The molecule has 1 aromatic carbocycles. The Hall–Kier alpha value is -2.04. The fourth-order valence-corrected chi connectivity index (χ4v) is 1.07. The first-order chi connectivity index (χ1) is 6.84. The maximum Gasteiger partial charge on any atom is 0.260 e. The maximum atomic E-state index is 5.30. The van der Waals surface area contributed by atoms with Crippen molar-refractivity contribution >= 4 is 11.6 Å². The van der Waals surface area contributed by atoms with E-state index < -0.39 is 0 Å². The lowest BCUT2D eigenvalue weighted by Crippen LogP contribution is -1.99. The summed E-state index contributed by atoms with van der Waals surface area (Å²) in [5.41, 5.74) is 6.31. The van der Waals surface area contributed by atoms with E-state index in [-0.39, 0.29) is 5.95 Å². The first-order valence-electron chi connectivity index (χ1n) is 4.21. The van der Waals surface area contributed by atoms with E-state index in [9.17, 15) is 0 Å². The summed E-state index contributed by atoms with van der Waals surface area (Å²) >= 11 is 0. The van der Waals surface area contributed by atoms with Crippen LogP contribution in [0.25, 0.3) is 0 Å². The average molecular weight is 190 g/mol. The van der Waals surface area contributed by atoms with Gasteiger partial charge in [0.05, 0.1) is 6.54 Å². The monoisotopic (exact) mass is 190 g/mol. The lowest BCUT2D eigenvalue weighted by molar-refractivity contribution is 0.384. The van der Waals surface area contributed by atoms with Crippen LogP contribution in [0.4, 0.5) is 11.6 Å². The minimum atomic E-state index is 0.162. The average Bonchev–Trinajstić information content (AvgIpc) is 2.63. The Morgan fingerprint density at radius 2 is 2.07 bits per heavy atom. The van der Waals surface area contributed by atoms with Crippen molar-refractivity contribution in [3.05, 3.63) is 36.2 Å². The van der Waals surface area contributed by atoms with Gasteiger partial charge in [-0.3, -0.25) is 0 Å². The molecule has 1 aromatic heterocycles. The molecule has 0 radical (unpaired) electrons. The zero-order valence-electron chi connectivity index (χ0n) is 7.47. The number of hydrogen-bond donors (Lipinski definition) is 2. The van der Waals surface area contributed by atoms with Crippen LogP contribution in [0.5, 0.6) is 0 Å². The molecule has 0 spiro atoms. The van der Waals surface area contributed by atoms with Gasteiger partial charge in [0.25, 0.3) is 5.95 Å². The molecule has 3 N–H and O–H groups in total. The van der Waals surface area contributed by atoms with E-state index in [2.05, 4.69) is 15.5 Å². The molecular formula is C9H10N4O. The molecule has 5 heteroatoms. The van der Waals surface area contributed by atoms with Crippen LogP contribution in [0.2, 0.25) is 0 Å². The number of nitrogens with two attached hydrogens (primary N) is 1. The number of para-hydroxylation sites is 1. The molecule has 1 heterocycles. The van der Waals surface area contributed by atoms with Gasteiger partial charge in [-0.05, 0) is 17.3 Å². The van der Waals surface area contributed by atoms with Gasteiger partial charge in [0.15, 0.2) is 0 Å². The van der Waals surface area contributed by atoms with Gasteiger partial charge in [-0.25, -0.2) is 0 Å². The second-order valence-corrected chi connectivity index (χ2v) is 2.77. The van der Waals surface area contributed by atoms with Gasteiger partial charge in [0.2, 0.25) is 5.89 Å². The van der Waals surface area contributed by atoms with Gasteiger partial charge in [-0.2, -0.15) is 4.98 Å². The fraction of sp³-hybridized carbons (Fsp3) is 0.111. The van der Waals surface area contributed by atoms with Crippen LogP contribution in [0.15, 0.2) is 34.9 Å². The number of nitrogens with one attached hydrogen (secondary N) is 1. The highest BCUT2D eigenvalue weighted by Gasteiger charge is 2.01. The van der Waals surface area contributed by atoms with Gasteiger partial charge in [-0.15, -0.1) is 0 Å². The quantitative estimate of drug-likeness (QED) is 0.762. The molecular weight excluding hydrogens is 180 g/mol. The van der Waals surface area contributed by atoms with Crippen molar-refractivity contribution in [2.75, 3.05) is 11.1 Å². The van der Waals surface area contributed by atoms with E-state index in [1.54, 1.807) is 0 Å². The summed E-state index contributed by atoms with van der Waals surface area (Å²) in [5, 5.41) is 6.60. The third-order valence-electron chi connectivity index (χ3n) is 1.70. The molecule has 0 unspecified atom stereocenters. The first-order valence-corrected chi connectivity index (χ1v) is 4.21. The van der Waals surface area contributed by atoms with E-state index in [1.165, 1.54) is 0 Å². The lowest BCUT2D eigenvalue weighted by atomic mass is 10.3. The first kappa shape index (κ1) is 8.55. The molecule has 0 fully saturated rings. The zero-order chi connectivity index (χ0) is 9.80. The predicted molar refractivity (Wildman–Crippen MR) is 52.5 cm³/mol. The highest BCUT2D eigenvalue weighted by molar-refractivity contribution is 5.42. The molecule has 0 aliphatic carbocycles. The van der Waals surface area contributed by atoms with Crippen LogP contribution in [-0.2, 0) is 6.54 Å². The van der Waals surface area contributed by atoms with Crippen molar-refractivity contribution in [2.45, 2.75) is 6.54 Å². The number of anilines is 2. The third-order valence-corrected chi connectivity index (χ3v) is 1.70. The Morgan fingerprint density at radius 1 is 1.29 bits per heavy atom. The Balaban J connectivity index is 1.95. The molecule has 2 aromatic rings. The van der Waals surface area contributed by atoms with Crippen molar-refractivity contribution in [1.29, 1.82) is 0 Å². The second-order valence-electron chi connectivity index (χ2n) is 2.77. The van der Waals surface area contributed by atoms with Crippen LogP contribution in [0.3, 0.4) is 0 Å². The molecule has 0 aliphatic rings. The molecule has 14 heavy (non-hydrogen) atoms. The molecule has 0 atom stereocenters. The van der Waals surface area contributed by atoms with Gasteiger partial charge in [0, 0.05) is 5.69 Å². The summed E-state index contributed by atoms with van der Waals surface area (Å²) in [5.74, 6) is 0.640. The van der Waals surface area contributed by atoms with Crippen molar-refractivity contribution < 1.29 is 4.52 Å². The topological polar surface area (TPSA) is 77.0 Å². The van der Waals surface area contributed by atoms with E-state index in [4.69, 9.17) is 10.3 Å². The van der Waals surface area contributed by atoms with Crippen molar-refractivity contribution in [3.8, 4) is 0 Å². The minimum absolute atomic E-state index is 0.162. The molecule has 72 valence electrons. The predicted octanol–water partition coefficient (Wildman–Crippen LogP) is 1.26. The van der Waals surface area contributed by atoms with E-state index >= 15 is 0 Å². The molecule has 0 amide bonds. The Kier molecular flexibility index (Phi) is 2.31. The Labute approximate surface area is 80.9 Å². The number of nitrogens with zero attached hydrogens (tertiary/aromatic N) is 2. The summed E-state index contributed by atoms with van der Waals surface area (Å²) in [4.78, 5) is 3.86. The number of hydrogen-bond acceptors (Lipinski definition) is 5. The van der Waals surface area contributed by atoms with Gasteiger partial charge in [-0.1, -0.05) is 18.2 Å². The number of aromatic nitrogens is 2. The normalized spacial score (nSPS) is 10.0. The van der Waals surface area contributed by atoms with E-state index in [0.29, 0.717) is 12.4 Å². The maximum absolute atomic E-state index is 5.30. The lowest BCUT2D eigenvalue weighted by Gasteiger charge is -2.01. The van der Waals surface area contributed by atoms with E-state index in [0.717, 1.165) is 5.69 Å². The molecule has 0 saturated carbocycles. The van der Waals surface area contributed by atoms with Crippen LogP contribution in [0.1, 0.15) is 5.89 Å². The largest absolute Gasteiger partial charge is 0.376 e. The van der Waals surface area contributed by atoms with Crippen molar-refractivity contribution in [1.82, 2.24) is 10.1 Å². The smallest absolute Gasteiger partial charge is 0.260 e. The van der Waals surface area contributed by atoms with Crippen LogP contribution in [-0.4, -0.2) is 10.1 Å². The standard InChI is InChI=1S/C9H10N4O/c10-9-12-8(14-13-9)6-11-7-4-2-1-3-5-7/h1-5,11H,6H2,(H2,10,13). The summed E-state index contributed by atoms with van der Waals surface area (Å²) < 4.78 is 4.84. The Bertz CT molecular complexity index is 398.